The van der Waals surface area contributed by atoms with Gasteiger partial charge in [0.2, 0.25) is 5.91 Å². The molecule has 3 heterocycles. The van der Waals surface area contributed by atoms with Gasteiger partial charge in [-0.3, -0.25) is 9.59 Å². The SMILES string of the molecule is NC(=O)c1ccsc1NC(=O)Cn1nnn(-c2cccs2)c1=O. The predicted octanol–water partition coefficient (Wildman–Crippen LogP) is 0.290. The summed E-state index contributed by atoms with van der Waals surface area (Å²) in [7, 11) is 0. The number of carbonyl (C=O) groups is 2. The van der Waals surface area contributed by atoms with E-state index in [4.69, 9.17) is 5.73 Å². The van der Waals surface area contributed by atoms with Crippen LogP contribution in [0.2, 0.25) is 0 Å². The minimum absolute atomic E-state index is 0.220. The lowest BCUT2D eigenvalue weighted by atomic mass is 10.3. The summed E-state index contributed by atoms with van der Waals surface area (Å²) in [6.45, 7) is -0.319. The highest BCUT2D eigenvalue weighted by atomic mass is 32.1. The fourth-order valence-electron chi connectivity index (χ4n) is 1.80. The molecule has 23 heavy (non-hydrogen) atoms. The van der Waals surface area contributed by atoms with Crippen molar-refractivity contribution in [2.24, 2.45) is 5.73 Å². The summed E-state index contributed by atoms with van der Waals surface area (Å²) >= 11 is 2.49. The van der Waals surface area contributed by atoms with Gasteiger partial charge in [-0.05, 0) is 39.4 Å². The molecular formula is C12H10N6O3S2. The molecule has 3 rings (SSSR count). The van der Waals surface area contributed by atoms with E-state index in [-0.39, 0.29) is 12.1 Å². The Morgan fingerprint density at radius 3 is 2.74 bits per heavy atom. The molecule has 0 spiro atoms. The number of anilines is 1. The number of aromatic nitrogens is 4. The van der Waals surface area contributed by atoms with Crippen molar-refractivity contribution in [2.45, 2.75) is 6.54 Å². The van der Waals surface area contributed by atoms with Crippen molar-refractivity contribution in [1.29, 1.82) is 0 Å². The molecule has 0 saturated heterocycles. The topological polar surface area (TPSA) is 125 Å². The van der Waals surface area contributed by atoms with Crippen molar-refractivity contribution in [1.82, 2.24) is 19.8 Å². The number of amides is 2. The Hall–Kier alpha value is -2.79. The van der Waals surface area contributed by atoms with Crippen LogP contribution in [-0.4, -0.2) is 31.6 Å². The number of tetrazole rings is 1. The first-order valence-corrected chi connectivity index (χ1v) is 8.06. The Morgan fingerprint density at radius 1 is 1.22 bits per heavy atom. The highest BCUT2D eigenvalue weighted by Gasteiger charge is 2.16. The van der Waals surface area contributed by atoms with Crippen molar-refractivity contribution < 1.29 is 9.59 Å². The zero-order valence-corrected chi connectivity index (χ0v) is 13.1. The Labute approximate surface area is 136 Å². The maximum Gasteiger partial charge on any atom is 0.369 e. The van der Waals surface area contributed by atoms with Crippen molar-refractivity contribution in [3.05, 3.63) is 45.0 Å². The number of primary amides is 1. The highest BCUT2D eigenvalue weighted by Crippen LogP contribution is 2.22. The van der Waals surface area contributed by atoms with E-state index >= 15 is 0 Å². The molecule has 0 saturated carbocycles. The molecule has 0 atom stereocenters. The van der Waals surface area contributed by atoms with Crippen LogP contribution in [0, 0.1) is 0 Å². The van der Waals surface area contributed by atoms with E-state index in [0.717, 1.165) is 20.7 Å². The Bertz CT molecular complexity index is 908. The largest absolute Gasteiger partial charge is 0.369 e. The summed E-state index contributed by atoms with van der Waals surface area (Å²) in [4.78, 5) is 35.4. The maximum absolute atomic E-state index is 12.1. The average Bonchev–Trinajstić information content (AvgIpc) is 3.21. The number of nitrogens with one attached hydrogen (secondary N) is 1. The summed E-state index contributed by atoms with van der Waals surface area (Å²) in [5.74, 6) is -1.14. The normalized spacial score (nSPS) is 10.6. The van der Waals surface area contributed by atoms with E-state index in [9.17, 15) is 14.4 Å². The lowest BCUT2D eigenvalue weighted by Gasteiger charge is -2.03. The average molecular weight is 350 g/mol. The minimum Gasteiger partial charge on any atom is -0.366 e. The molecule has 0 bridgehead atoms. The Kier molecular flexibility index (Phi) is 4.04. The van der Waals surface area contributed by atoms with Gasteiger partial charge >= 0.3 is 5.69 Å². The molecule has 3 aromatic heterocycles. The van der Waals surface area contributed by atoms with E-state index in [1.807, 2.05) is 0 Å². The Morgan fingerprint density at radius 2 is 2.04 bits per heavy atom. The van der Waals surface area contributed by atoms with Gasteiger partial charge in [0.1, 0.15) is 16.5 Å². The van der Waals surface area contributed by atoms with Crippen LogP contribution >= 0.6 is 22.7 Å². The van der Waals surface area contributed by atoms with Crippen LogP contribution in [0.15, 0.2) is 33.8 Å². The zero-order valence-electron chi connectivity index (χ0n) is 11.5. The van der Waals surface area contributed by atoms with E-state index in [1.165, 1.54) is 17.4 Å². The van der Waals surface area contributed by atoms with Gasteiger partial charge in [0.05, 0.1) is 5.56 Å². The van der Waals surface area contributed by atoms with Crippen molar-refractivity contribution >= 4 is 39.5 Å². The molecule has 0 aliphatic rings. The summed E-state index contributed by atoms with van der Waals surface area (Å²) in [6, 6.07) is 5.01. The highest BCUT2D eigenvalue weighted by molar-refractivity contribution is 7.14. The van der Waals surface area contributed by atoms with Crippen molar-refractivity contribution in [3.63, 3.8) is 0 Å². The van der Waals surface area contributed by atoms with Crippen molar-refractivity contribution in [2.75, 3.05) is 5.32 Å². The van der Waals surface area contributed by atoms with Crippen molar-refractivity contribution in [3.8, 4) is 5.00 Å². The lowest BCUT2D eigenvalue weighted by molar-refractivity contribution is -0.117. The lowest BCUT2D eigenvalue weighted by Crippen LogP contribution is -2.29. The van der Waals surface area contributed by atoms with Crippen LogP contribution < -0.4 is 16.7 Å². The molecule has 11 heteroatoms. The molecule has 9 nitrogen and oxygen atoms in total. The molecule has 3 N–H and O–H groups in total. The third kappa shape index (κ3) is 3.05. The van der Waals surface area contributed by atoms with Crippen LogP contribution in [0.25, 0.3) is 5.00 Å². The fraction of sp³-hybridized carbons (Fsp3) is 0.0833. The number of carbonyl (C=O) groups excluding carboxylic acids is 2. The van der Waals surface area contributed by atoms with Crippen LogP contribution in [0.1, 0.15) is 10.4 Å². The smallest absolute Gasteiger partial charge is 0.366 e. The number of thiophene rings is 2. The molecule has 0 aromatic carbocycles. The first-order valence-electron chi connectivity index (χ1n) is 6.30. The fourth-order valence-corrected chi connectivity index (χ4v) is 3.28. The van der Waals surface area contributed by atoms with E-state index in [0.29, 0.717) is 10.0 Å². The number of hydrogen-bond donors (Lipinski definition) is 2. The van der Waals surface area contributed by atoms with E-state index in [2.05, 4.69) is 15.7 Å². The van der Waals surface area contributed by atoms with Gasteiger partial charge in [0, 0.05) is 0 Å². The second-order valence-corrected chi connectivity index (χ2v) is 6.20. The summed E-state index contributed by atoms with van der Waals surface area (Å²) in [5, 5.41) is 14.3. The van der Waals surface area contributed by atoms with Crippen LogP contribution in [-0.2, 0) is 11.3 Å². The summed E-state index contributed by atoms with van der Waals surface area (Å²) in [5.41, 5.74) is 4.90. The minimum atomic E-state index is -0.637. The van der Waals surface area contributed by atoms with Gasteiger partial charge in [-0.15, -0.1) is 22.7 Å². The van der Waals surface area contributed by atoms with Gasteiger partial charge in [-0.25, -0.2) is 4.79 Å². The molecule has 0 fully saturated rings. The van der Waals surface area contributed by atoms with Crippen LogP contribution in [0.3, 0.4) is 0 Å². The van der Waals surface area contributed by atoms with Crippen LogP contribution in [0.5, 0.6) is 0 Å². The number of hydrogen-bond acceptors (Lipinski definition) is 7. The van der Waals surface area contributed by atoms with E-state index in [1.54, 1.807) is 22.9 Å². The first-order chi connectivity index (χ1) is 11.1. The van der Waals surface area contributed by atoms with Gasteiger partial charge < -0.3 is 11.1 Å². The first kappa shape index (κ1) is 15.1. The predicted molar refractivity (Wildman–Crippen MR) is 85.0 cm³/mol. The number of nitrogens with two attached hydrogens (primary N) is 1. The van der Waals surface area contributed by atoms with Gasteiger partial charge in [-0.1, -0.05) is 0 Å². The second kappa shape index (κ2) is 6.14. The summed E-state index contributed by atoms with van der Waals surface area (Å²) in [6.07, 6.45) is 0. The molecule has 3 aromatic rings. The molecule has 0 aliphatic carbocycles. The third-order valence-corrected chi connectivity index (χ3v) is 4.50. The van der Waals surface area contributed by atoms with Gasteiger partial charge in [0.15, 0.2) is 0 Å². The number of rotatable bonds is 5. The quantitative estimate of drug-likeness (QED) is 0.684. The molecule has 118 valence electrons. The molecular weight excluding hydrogens is 340 g/mol. The molecule has 0 unspecified atom stereocenters. The van der Waals surface area contributed by atoms with E-state index < -0.39 is 17.5 Å². The monoisotopic (exact) mass is 350 g/mol. The molecule has 0 radical (unpaired) electrons. The van der Waals surface area contributed by atoms with Crippen LogP contribution in [0.4, 0.5) is 5.00 Å². The van der Waals surface area contributed by atoms with Gasteiger partial charge in [0.25, 0.3) is 5.91 Å². The molecule has 0 aliphatic heterocycles. The molecule has 2 amide bonds. The second-order valence-electron chi connectivity index (χ2n) is 4.36. The standard InChI is InChI=1S/C12H10N6O3S2/c13-10(20)7-3-5-23-11(7)14-8(19)6-17-12(21)18(16-15-17)9-2-1-4-22-9/h1-5H,6H2,(H2,13,20)(H,14,19). The van der Waals surface area contributed by atoms with Gasteiger partial charge in [-0.2, -0.15) is 9.36 Å². The third-order valence-electron chi connectivity index (χ3n) is 2.83. The number of nitrogens with zero attached hydrogens (tertiary/aromatic N) is 4. The zero-order chi connectivity index (χ0) is 16.4. The Balaban J connectivity index is 1.75. The maximum atomic E-state index is 12.1. The summed E-state index contributed by atoms with van der Waals surface area (Å²) < 4.78 is 2.05.